The number of benzene rings is 1. The lowest BCUT2D eigenvalue weighted by Crippen LogP contribution is -2.57. The highest BCUT2D eigenvalue weighted by atomic mass is 32.2. The lowest BCUT2D eigenvalue weighted by atomic mass is 9.92. The van der Waals surface area contributed by atoms with Gasteiger partial charge >= 0.3 is 12.4 Å². The summed E-state index contributed by atoms with van der Waals surface area (Å²) < 4.78 is 83.2. The van der Waals surface area contributed by atoms with Gasteiger partial charge in [0.1, 0.15) is 11.4 Å². The summed E-state index contributed by atoms with van der Waals surface area (Å²) >= 11 is 0.928. The van der Waals surface area contributed by atoms with E-state index < -0.39 is 48.2 Å². The third kappa shape index (κ3) is 6.67. The van der Waals surface area contributed by atoms with E-state index in [1.807, 2.05) is 0 Å². The first-order valence-corrected chi connectivity index (χ1v) is 11.0. The molecule has 194 valence electrons. The lowest BCUT2D eigenvalue weighted by Gasteiger charge is -2.41. The quantitative estimate of drug-likeness (QED) is 0.218. The van der Waals surface area contributed by atoms with Gasteiger partial charge in [0.05, 0.1) is 6.54 Å². The van der Waals surface area contributed by atoms with Crippen molar-refractivity contribution in [1.82, 2.24) is 14.7 Å². The lowest BCUT2D eigenvalue weighted by molar-refractivity contribution is -0.261. The number of rotatable bonds is 6. The summed E-state index contributed by atoms with van der Waals surface area (Å²) in [4.78, 5) is 8.90. The zero-order valence-electron chi connectivity index (χ0n) is 18.5. The number of anilines is 3. The number of nitrogens with zero attached hydrogens (tertiary/aromatic N) is 3. The number of piperidine rings is 1. The van der Waals surface area contributed by atoms with Gasteiger partial charge in [-0.1, -0.05) is 0 Å². The predicted molar refractivity (Wildman–Crippen MR) is 116 cm³/mol. The number of aryl methyl sites for hydroxylation is 1. The molecule has 0 aliphatic carbocycles. The van der Waals surface area contributed by atoms with Gasteiger partial charge in [0.25, 0.3) is 0 Å². The van der Waals surface area contributed by atoms with E-state index in [1.165, 1.54) is 0 Å². The van der Waals surface area contributed by atoms with Gasteiger partial charge in [-0.2, -0.15) is 31.3 Å². The summed E-state index contributed by atoms with van der Waals surface area (Å²) in [5.74, 6) is -3.17. The summed E-state index contributed by atoms with van der Waals surface area (Å²) in [7, 11) is 0. The Kier molecular flexibility index (Phi) is 7.49. The van der Waals surface area contributed by atoms with Crippen molar-refractivity contribution in [2.75, 3.05) is 23.3 Å². The number of aliphatic hydroxyl groups is 3. The molecule has 1 aromatic carbocycles. The van der Waals surface area contributed by atoms with Crippen LogP contribution in [0.2, 0.25) is 0 Å². The topological polar surface area (TPSA) is 114 Å². The molecule has 0 bridgehead atoms. The molecule has 1 atom stereocenters. The Bertz CT molecular complexity index is 1060. The second-order valence-corrected chi connectivity index (χ2v) is 9.19. The van der Waals surface area contributed by atoms with Crippen molar-refractivity contribution in [3.05, 3.63) is 35.5 Å². The molecule has 1 unspecified atom stereocenters. The van der Waals surface area contributed by atoms with Gasteiger partial charge in [0.2, 0.25) is 11.9 Å². The van der Waals surface area contributed by atoms with Crippen molar-refractivity contribution in [3.8, 4) is 0 Å². The third-order valence-electron chi connectivity index (χ3n) is 5.18. The van der Waals surface area contributed by atoms with Crippen molar-refractivity contribution < 1.29 is 41.7 Å². The van der Waals surface area contributed by atoms with E-state index in [9.17, 15) is 41.7 Å². The fourth-order valence-corrected chi connectivity index (χ4v) is 4.12. The normalized spacial score (nSPS) is 19.7. The summed E-state index contributed by atoms with van der Waals surface area (Å²) in [5, 5.41) is 31.4. The van der Waals surface area contributed by atoms with Crippen LogP contribution in [0.1, 0.15) is 30.9 Å². The average Bonchev–Trinajstić information content (AvgIpc) is 2.72. The smallest absolute Gasteiger partial charge is 0.379 e. The monoisotopic (exact) mass is 527 g/mol. The number of hydrogen-bond donors (Lipinski definition) is 5. The van der Waals surface area contributed by atoms with Gasteiger partial charge in [-0.3, -0.25) is 0 Å². The highest BCUT2D eigenvalue weighted by Gasteiger charge is 2.56. The highest BCUT2D eigenvalue weighted by molar-refractivity contribution is 7.97. The van der Waals surface area contributed by atoms with Crippen LogP contribution in [-0.4, -0.2) is 56.1 Å². The first-order chi connectivity index (χ1) is 16.0. The number of halogens is 6. The second-order valence-electron chi connectivity index (χ2n) is 8.31. The number of hydrogen-bond acceptors (Lipinski definition) is 9. The van der Waals surface area contributed by atoms with Crippen molar-refractivity contribution >= 4 is 29.4 Å². The molecule has 1 fully saturated rings. The Morgan fingerprint density at radius 2 is 1.83 bits per heavy atom. The van der Waals surface area contributed by atoms with E-state index in [2.05, 4.69) is 20.0 Å². The molecule has 2 heterocycles. The highest BCUT2D eigenvalue weighted by Crippen LogP contribution is 2.41. The number of nitrogens with one attached hydrogen (secondary N) is 2. The zero-order chi connectivity index (χ0) is 26.2. The molecule has 5 N–H and O–H groups in total. The van der Waals surface area contributed by atoms with Crippen LogP contribution in [0.15, 0.2) is 29.3 Å². The summed E-state index contributed by atoms with van der Waals surface area (Å²) in [6.45, 7) is 1.54. The van der Waals surface area contributed by atoms with Crippen LogP contribution in [0, 0.1) is 6.92 Å². The molecule has 1 aromatic heterocycles. The number of aromatic nitrogens is 2. The molecule has 0 amide bonds. The largest absolute Gasteiger partial charge is 0.421 e. The van der Waals surface area contributed by atoms with Gasteiger partial charge in [-0.05, 0) is 55.5 Å². The standard InChI is InChI=1S/C20H23F6N5O3S/c1-11-8-12(35-30-17(2,32)33)4-5-14(11)28-16-27-9-13(19(21,22)23)15(29-16)31-7-3-6-18(34,10-31)20(24,25)26/h4-5,8-9,30,32-34H,3,6-7,10H2,1-2H3,(H,27,28,29). The maximum atomic E-state index is 13.6. The van der Waals surface area contributed by atoms with Crippen molar-refractivity contribution in [3.63, 3.8) is 0 Å². The Morgan fingerprint density at radius 1 is 1.14 bits per heavy atom. The van der Waals surface area contributed by atoms with E-state index in [1.54, 1.807) is 25.1 Å². The van der Waals surface area contributed by atoms with Gasteiger partial charge < -0.3 is 25.5 Å². The van der Waals surface area contributed by atoms with Gasteiger partial charge in [0, 0.05) is 30.2 Å². The van der Waals surface area contributed by atoms with Crippen LogP contribution in [0.4, 0.5) is 43.8 Å². The molecular weight excluding hydrogens is 504 g/mol. The van der Waals surface area contributed by atoms with Gasteiger partial charge in [-0.15, -0.1) is 0 Å². The minimum atomic E-state index is -5.02. The maximum Gasteiger partial charge on any atom is 0.421 e. The molecule has 8 nitrogen and oxygen atoms in total. The van der Waals surface area contributed by atoms with Crippen LogP contribution >= 0.6 is 11.9 Å². The Morgan fingerprint density at radius 3 is 2.40 bits per heavy atom. The molecule has 1 aliphatic rings. The molecule has 1 saturated heterocycles. The van der Waals surface area contributed by atoms with E-state index >= 15 is 0 Å². The summed E-state index contributed by atoms with van der Waals surface area (Å²) in [6, 6.07) is 4.78. The maximum absolute atomic E-state index is 13.6. The van der Waals surface area contributed by atoms with Gasteiger partial charge in [-0.25, -0.2) is 9.71 Å². The van der Waals surface area contributed by atoms with E-state index in [0.29, 0.717) is 22.3 Å². The first-order valence-electron chi connectivity index (χ1n) is 10.2. The molecule has 0 spiro atoms. The minimum Gasteiger partial charge on any atom is -0.379 e. The minimum absolute atomic E-state index is 0.162. The van der Waals surface area contributed by atoms with E-state index in [-0.39, 0.29) is 18.9 Å². The predicted octanol–water partition coefficient (Wildman–Crippen LogP) is 3.70. The van der Waals surface area contributed by atoms with E-state index in [4.69, 9.17) is 0 Å². The molecule has 15 heteroatoms. The second kappa shape index (κ2) is 9.61. The Hall–Kier alpha value is -2.33. The van der Waals surface area contributed by atoms with Crippen LogP contribution < -0.4 is 14.9 Å². The molecule has 3 rings (SSSR count). The van der Waals surface area contributed by atoms with Crippen LogP contribution in [-0.2, 0) is 6.18 Å². The van der Waals surface area contributed by atoms with Crippen molar-refractivity contribution in [2.45, 2.75) is 55.4 Å². The SMILES string of the molecule is Cc1cc(SNC(C)(O)O)ccc1Nc1ncc(C(F)(F)F)c(N2CCCC(O)(C(F)(F)F)C2)n1. The molecule has 2 aromatic rings. The van der Waals surface area contributed by atoms with Crippen molar-refractivity contribution in [2.24, 2.45) is 0 Å². The molecular formula is C20H23F6N5O3S. The fraction of sp³-hybridized carbons (Fsp3) is 0.500. The molecule has 0 radical (unpaired) electrons. The fourth-order valence-electron chi connectivity index (χ4n) is 3.44. The molecule has 35 heavy (non-hydrogen) atoms. The van der Waals surface area contributed by atoms with Gasteiger partial charge in [0.15, 0.2) is 5.60 Å². The van der Waals surface area contributed by atoms with Crippen LogP contribution in [0.5, 0.6) is 0 Å². The first kappa shape index (κ1) is 27.3. The van der Waals surface area contributed by atoms with Crippen LogP contribution in [0.25, 0.3) is 0 Å². The third-order valence-corrected chi connectivity index (χ3v) is 6.16. The summed E-state index contributed by atoms with van der Waals surface area (Å²) in [6.07, 6.45) is -10.3. The number of β-amino-alcohol motifs (C(OH)–C–C–N with tert-alkyl or cyclic N) is 1. The summed E-state index contributed by atoms with van der Waals surface area (Å²) in [5.41, 5.74) is -3.48. The van der Waals surface area contributed by atoms with Crippen molar-refractivity contribution in [1.29, 1.82) is 0 Å². The Balaban J connectivity index is 1.90. The Labute approximate surface area is 200 Å². The number of alkyl halides is 6. The molecule has 0 saturated carbocycles. The zero-order valence-corrected chi connectivity index (χ0v) is 19.3. The van der Waals surface area contributed by atoms with E-state index in [0.717, 1.165) is 23.8 Å². The molecule has 1 aliphatic heterocycles. The van der Waals surface area contributed by atoms with Crippen LogP contribution in [0.3, 0.4) is 0 Å². The average molecular weight is 527 g/mol.